The quantitative estimate of drug-likeness (QED) is 0.566. The molecule has 0 radical (unpaired) electrons. The first-order valence-corrected chi connectivity index (χ1v) is 11.6. The molecule has 3 aromatic rings. The van der Waals surface area contributed by atoms with Crippen LogP contribution in [0.15, 0.2) is 65.7 Å². The lowest BCUT2D eigenvalue weighted by Crippen LogP contribution is -2.30. The molecule has 3 rings (SSSR count). The Balaban J connectivity index is 1.85. The number of halogens is 1. The van der Waals surface area contributed by atoms with Crippen LogP contribution < -0.4 is 5.32 Å². The van der Waals surface area contributed by atoms with Gasteiger partial charge in [-0.2, -0.15) is 0 Å². The largest absolute Gasteiger partial charge is 0.389 e. The molecule has 31 heavy (non-hydrogen) atoms. The highest BCUT2D eigenvalue weighted by Crippen LogP contribution is 2.27. The number of benzene rings is 2. The van der Waals surface area contributed by atoms with Crippen LogP contribution in [0, 0.1) is 6.92 Å². The summed E-state index contributed by atoms with van der Waals surface area (Å²) in [5.74, 6) is -0.922. The normalized spacial score (nSPS) is 11.9. The number of anilines is 1. The smallest absolute Gasteiger partial charge is 0.257 e. The second kappa shape index (κ2) is 8.78. The van der Waals surface area contributed by atoms with Gasteiger partial charge < -0.3 is 10.4 Å². The Morgan fingerprint density at radius 3 is 2.48 bits per heavy atom. The van der Waals surface area contributed by atoms with Gasteiger partial charge in [0.2, 0.25) is 0 Å². The Labute approximate surface area is 186 Å². The van der Waals surface area contributed by atoms with Gasteiger partial charge in [-0.15, -0.1) is 0 Å². The van der Waals surface area contributed by atoms with E-state index >= 15 is 0 Å². The molecule has 162 valence electrons. The van der Waals surface area contributed by atoms with Crippen molar-refractivity contribution in [2.24, 2.45) is 0 Å². The van der Waals surface area contributed by atoms with E-state index in [1.807, 2.05) is 37.3 Å². The van der Waals surface area contributed by atoms with E-state index in [1.54, 1.807) is 12.3 Å². The molecule has 1 heterocycles. The number of hydrogen-bond donors (Lipinski definition) is 2. The highest BCUT2D eigenvalue weighted by atomic mass is 35.5. The first-order valence-electron chi connectivity index (χ1n) is 9.54. The monoisotopic (exact) mass is 458 g/mol. The summed E-state index contributed by atoms with van der Waals surface area (Å²) < 4.78 is 24.9. The number of carbonyl (C=O) groups excluding carboxylic acids is 1. The van der Waals surface area contributed by atoms with Crippen molar-refractivity contribution < 1.29 is 18.3 Å². The zero-order valence-electron chi connectivity index (χ0n) is 17.4. The molecule has 0 bridgehead atoms. The minimum absolute atomic E-state index is 0.00591. The number of rotatable bonds is 6. The summed E-state index contributed by atoms with van der Waals surface area (Å²) in [5, 5.41) is 12.6. The van der Waals surface area contributed by atoms with E-state index in [9.17, 15) is 18.3 Å². The van der Waals surface area contributed by atoms with Crippen LogP contribution in [0.2, 0.25) is 5.02 Å². The van der Waals surface area contributed by atoms with Crippen LogP contribution in [-0.2, 0) is 9.84 Å². The van der Waals surface area contributed by atoms with Gasteiger partial charge in [-0.3, -0.25) is 9.78 Å². The summed E-state index contributed by atoms with van der Waals surface area (Å²) in [4.78, 5) is 17.1. The maximum Gasteiger partial charge on any atom is 0.257 e. The molecule has 1 aromatic heterocycles. The van der Waals surface area contributed by atoms with Crippen molar-refractivity contribution in [3.05, 3.63) is 76.9 Å². The fourth-order valence-electron chi connectivity index (χ4n) is 3.12. The molecule has 2 N–H and O–H groups in total. The molecule has 0 fully saturated rings. The van der Waals surface area contributed by atoms with Crippen molar-refractivity contribution in [1.82, 2.24) is 4.98 Å². The molecule has 1 amide bonds. The molecule has 0 spiro atoms. The number of amides is 1. The third-order valence-corrected chi connectivity index (χ3v) is 6.90. The number of aromatic nitrogens is 1. The number of pyridine rings is 1. The molecular weight excluding hydrogens is 436 g/mol. The third kappa shape index (κ3) is 5.70. The highest BCUT2D eigenvalue weighted by Gasteiger charge is 2.26. The lowest BCUT2D eigenvalue weighted by atomic mass is 10.0. The number of aryl methyl sites for hydroxylation is 1. The van der Waals surface area contributed by atoms with Crippen LogP contribution >= 0.6 is 11.6 Å². The fraction of sp³-hybridized carbons (Fsp3) is 0.217. The third-order valence-electron chi connectivity index (χ3n) is 4.52. The maximum atomic E-state index is 12.8. The molecule has 6 nitrogen and oxygen atoms in total. The lowest BCUT2D eigenvalue weighted by molar-refractivity contribution is 0.102. The van der Waals surface area contributed by atoms with Crippen molar-refractivity contribution in [2.45, 2.75) is 31.3 Å². The Morgan fingerprint density at radius 1 is 1.13 bits per heavy atom. The topological polar surface area (TPSA) is 96.4 Å². The summed E-state index contributed by atoms with van der Waals surface area (Å²) in [6.07, 6.45) is 1.70. The van der Waals surface area contributed by atoms with Gasteiger partial charge in [0.05, 0.1) is 32.5 Å². The highest BCUT2D eigenvalue weighted by molar-refractivity contribution is 7.91. The minimum Gasteiger partial charge on any atom is -0.389 e. The van der Waals surface area contributed by atoms with Crippen molar-refractivity contribution in [3.63, 3.8) is 0 Å². The van der Waals surface area contributed by atoms with Crippen molar-refractivity contribution in [1.29, 1.82) is 0 Å². The van der Waals surface area contributed by atoms with Gasteiger partial charge in [0, 0.05) is 17.4 Å². The number of sulfone groups is 1. The number of nitrogens with one attached hydrogen (secondary N) is 1. The number of hydrogen-bond acceptors (Lipinski definition) is 5. The lowest BCUT2D eigenvalue weighted by Gasteiger charge is -2.17. The van der Waals surface area contributed by atoms with E-state index in [2.05, 4.69) is 10.3 Å². The van der Waals surface area contributed by atoms with Gasteiger partial charge in [-0.05, 0) is 68.8 Å². The van der Waals surface area contributed by atoms with Gasteiger partial charge >= 0.3 is 0 Å². The molecule has 0 aliphatic rings. The minimum atomic E-state index is -3.76. The zero-order chi connectivity index (χ0) is 22.8. The van der Waals surface area contributed by atoms with Crippen LogP contribution in [-0.4, -0.2) is 35.8 Å². The molecule has 0 aliphatic carbocycles. The van der Waals surface area contributed by atoms with E-state index in [0.29, 0.717) is 5.69 Å². The molecule has 0 saturated carbocycles. The molecule has 0 saturated heterocycles. The summed E-state index contributed by atoms with van der Waals surface area (Å²) >= 11 is 6.22. The predicted octanol–water partition coefficient (Wildman–Crippen LogP) is 4.51. The van der Waals surface area contributed by atoms with Crippen molar-refractivity contribution in [3.8, 4) is 11.3 Å². The van der Waals surface area contributed by atoms with Crippen LogP contribution in [0.3, 0.4) is 0 Å². The number of nitrogens with zero attached hydrogens (tertiary/aromatic N) is 1. The number of carbonyl (C=O) groups is 1. The molecule has 0 aliphatic heterocycles. The first kappa shape index (κ1) is 22.9. The Bertz CT molecular complexity index is 1220. The van der Waals surface area contributed by atoms with Crippen molar-refractivity contribution in [2.75, 3.05) is 11.1 Å². The summed E-state index contributed by atoms with van der Waals surface area (Å²) in [5.41, 5.74) is 2.00. The Hall–Kier alpha value is -2.74. The Morgan fingerprint density at radius 2 is 1.87 bits per heavy atom. The van der Waals surface area contributed by atoms with E-state index in [4.69, 9.17) is 11.6 Å². The molecular formula is C23H23ClN2O4S. The molecule has 0 atom stereocenters. The Kier molecular flexibility index (Phi) is 6.50. The van der Waals surface area contributed by atoms with E-state index in [-0.39, 0.29) is 15.5 Å². The first-order chi connectivity index (χ1) is 14.5. The fourth-order valence-corrected chi connectivity index (χ4v) is 5.12. The molecule has 0 unspecified atom stereocenters. The molecule has 2 aromatic carbocycles. The summed E-state index contributed by atoms with van der Waals surface area (Å²) in [7, 11) is -3.76. The second-order valence-corrected chi connectivity index (χ2v) is 10.3. The van der Waals surface area contributed by atoms with Gasteiger partial charge in [0.1, 0.15) is 0 Å². The number of aliphatic hydroxyl groups is 1. The standard InChI is InChI=1S/C23H23ClN2O4S/c1-15-7-8-16(12-19(15)21-6-4-5-11-25-21)26-22(27)18-10-9-17(13-20(18)24)31(29,30)14-23(2,3)28/h4-13,28H,14H2,1-3H3,(H,26,27). The van der Waals surface area contributed by atoms with Gasteiger partial charge in [-0.1, -0.05) is 23.7 Å². The van der Waals surface area contributed by atoms with Gasteiger partial charge in [0.25, 0.3) is 5.91 Å². The second-order valence-electron chi connectivity index (χ2n) is 7.91. The summed E-state index contributed by atoms with van der Waals surface area (Å²) in [6, 6.07) is 15.0. The maximum absolute atomic E-state index is 12.8. The molecule has 8 heteroatoms. The van der Waals surface area contributed by atoms with Gasteiger partial charge in [-0.25, -0.2) is 8.42 Å². The van der Waals surface area contributed by atoms with Crippen LogP contribution in [0.4, 0.5) is 5.69 Å². The average molecular weight is 459 g/mol. The average Bonchev–Trinajstić information content (AvgIpc) is 2.68. The van der Waals surface area contributed by atoms with E-state index < -0.39 is 27.1 Å². The van der Waals surface area contributed by atoms with Crippen molar-refractivity contribution >= 4 is 33.0 Å². The zero-order valence-corrected chi connectivity index (χ0v) is 19.0. The predicted molar refractivity (Wildman–Crippen MR) is 122 cm³/mol. The SMILES string of the molecule is Cc1ccc(NC(=O)c2ccc(S(=O)(=O)CC(C)(C)O)cc2Cl)cc1-c1ccccn1. The summed E-state index contributed by atoms with van der Waals surface area (Å²) in [6.45, 7) is 4.78. The van der Waals surface area contributed by atoms with Crippen LogP contribution in [0.5, 0.6) is 0 Å². The van der Waals surface area contributed by atoms with Crippen LogP contribution in [0.25, 0.3) is 11.3 Å². The van der Waals surface area contributed by atoms with Gasteiger partial charge in [0.15, 0.2) is 9.84 Å². The van der Waals surface area contributed by atoms with E-state index in [1.165, 1.54) is 32.0 Å². The van der Waals surface area contributed by atoms with Crippen LogP contribution in [0.1, 0.15) is 29.8 Å². The van der Waals surface area contributed by atoms with E-state index in [0.717, 1.165) is 16.8 Å².